The minimum absolute atomic E-state index is 0.102. The fraction of sp³-hybridized carbons (Fsp3) is 0.125. The highest BCUT2D eigenvalue weighted by Crippen LogP contribution is 2.29. The normalized spacial score (nSPS) is 17.1. The van der Waals surface area contributed by atoms with Crippen LogP contribution in [0.5, 0.6) is 0 Å². The van der Waals surface area contributed by atoms with E-state index in [9.17, 15) is 4.39 Å². The molecule has 1 unspecified atom stereocenters. The molecule has 2 heteroatoms. The largest absolute Gasteiger partial charge is 0.380 e. The number of hydrogen-bond donors (Lipinski definition) is 1. The molecule has 1 heterocycles. The Kier molecular flexibility index (Phi) is 2.63. The third-order valence-electron chi connectivity index (χ3n) is 3.35. The topological polar surface area (TPSA) is 12.0 Å². The lowest BCUT2D eigenvalue weighted by Crippen LogP contribution is -2.20. The monoisotopic (exact) mass is 239 g/mol. The van der Waals surface area contributed by atoms with Crippen LogP contribution in [0, 0.1) is 12.7 Å². The molecule has 0 saturated heterocycles. The van der Waals surface area contributed by atoms with Crippen molar-refractivity contribution >= 4 is 6.08 Å². The fourth-order valence-corrected chi connectivity index (χ4v) is 2.37. The molecular formula is C16H14FN. The summed E-state index contributed by atoms with van der Waals surface area (Å²) in [4.78, 5) is 0. The summed E-state index contributed by atoms with van der Waals surface area (Å²) in [5.41, 5.74) is 4.21. The molecule has 0 aromatic heterocycles. The van der Waals surface area contributed by atoms with E-state index in [0.717, 1.165) is 5.56 Å². The Morgan fingerprint density at radius 2 is 1.94 bits per heavy atom. The van der Waals surface area contributed by atoms with Crippen LogP contribution < -0.4 is 5.32 Å². The summed E-state index contributed by atoms with van der Waals surface area (Å²) in [6.45, 7) is 1.80. The van der Waals surface area contributed by atoms with Gasteiger partial charge in [-0.2, -0.15) is 0 Å². The number of rotatable bonds is 1. The lowest BCUT2D eigenvalue weighted by Gasteiger charge is -2.24. The van der Waals surface area contributed by atoms with E-state index in [1.165, 1.54) is 17.2 Å². The Morgan fingerprint density at radius 1 is 1.11 bits per heavy atom. The first-order chi connectivity index (χ1) is 8.75. The molecule has 3 rings (SSSR count). The van der Waals surface area contributed by atoms with Crippen molar-refractivity contribution in [1.29, 1.82) is 0 Å². The van der Waals surface area contributed by atoms with Gasteiger partial charge in [0, 0.05) is 0 Å². The maximum absolute atomic E-state index is 13.3. The summed E-state index contributed by atoms with van der Waals surface area (Å²) in [5, 5.41) is 3.34. The highest BCUT2D eigenvalue weighted by molar-refractivity contribution is 5.58. The quantitative estimate of drug-likeness (QED) is 0.798. The van der Waals surface area contributed by atoms with Crippen molar-refractivity contribution in [3.05, 3.63) is 76.7 Å². The van der Waals surface area contributed by atoms with Crippen LogP contribution in [-0.2, 0) is 0 Å². The lowest BCUT2D eigenvalue weighted by atomic mass is 9.92. The summed E-state index contributed by atoms with van der Waals surface area (Å²) in [6, 6.07) is 13.6. The molecule has 18 heavy (non-hydrogen) atoms. The number of nitrogens with one attached hydrogen (secondary N) is 1. The van der Waals surface area contributed by atoms with Gasteiger partial charge in [-0.1, -0.05) is 36.4 Å². The molecule has 90 valence electrons. The zero-order valence-corrected chi connectivity index (χ0v) is 10.2. The number of benzene rings is 2. The van der Waals surface area contributed by atoms with Gasteiger partial charge < -0.3 is 5.32 Å². The minimum atomic E-state index is -0.154. The summed E-state index contributed by atoms with van der Waals surface area (Å²) < 4.78 is 13.3. The summed E-state index contributed by atoms with van der Waals surface area (Å²) in [7, 11) is 0. The third kappa shape index (κ3) is 1.80. The Hall–Kier alpha value is -2.09. The highest BCUT2D eigenvalue weighted by atomic mass is 19.1. The van der Waals surface area contributed by atoms with Gasteiger partial charge >= 0.3 is 0 Å². The molecule has 0 fully saturated rings. The Labute approximate surface area is 106 Å². The van der Waals surface area contributed by atoms with Gasteiger partial charge in [-0.25, -0.2) is 4.39 Å². The van der Waals surface area contributed by atoms with Gasteiger partial charge in [0.15, 0.2) is 0 Å². The van der Waals surface area contributed by atoms with Crippen LogP contribution in [0.15, 0.2) is 48.7 Å². The van der Waals surface area contributed by atoms with Crippen molar-refractivity contribution < 1.29 is 4.39 Å². The summed E-state index contributed by atoms with van der Waals surface area (Å²) in [6.07, 6.45) is 4.01. The number of halogens is 1. The summed E-state index contributed by atoms with van der Waals surface area (Å²) >= 11 is 0. The smallest absolute Gasteiger partial charge is 0.126 e. The Balaban J connectivity index is 2.08. The Bertz CT molecular complexity index is 616. The summed E-state index contributed by atoms with van der Waals surface area (Å²) in [5.74, 6) is -0.154. The second-order valence-corrected chi connectivity index (χ2v) is 4.57. The van der Waals surface area contributed by atoms with E-state index >= 15 is 0 Å². The first-order valence-corrected chi connectivity index (χ1v) is 6.03. The third-order valence-corrected chi connectivity index (χ3v) is 3.35. The van der Waals surface area contributed by atoms with E-state index in [-0.39, 0.29) is 11.9 Å². The van der Waals surface area contributed by atoms with Crippen molar-refractivity contribution in [1.82, 2.24) is 5.32 Å². The fourth-order valence-electron chi connectivity index (χ4n) is 2.37. The minimum Gasteiger partial charge on any atom is -0.380 e. The van der Waals surface area contributed by atoms with Crippen LogP contribution in [-0.4, -0.2) is 0 Å². The van der Waals surface area contributed by atoms with Gasteiger partial charge in [-0.3, -0.25) is 0 Å². The van der Waals surface area contributed by atoms with Gasteiger partial charge in [0.05, 0.1) is 6.04 Å². The van der Waals surface area contributed by atoms with E-state index in [2.05, 4.69) is 23.5 Å². The predicted octanol–water partition coefficient (Wildman–Crippen LogP) is 3.80. The van der Waals surface area contributed by atoms with E-state index in [4.69, 9.17) is 0 Å². The molecule has 1 nitrogen and oxygen atoms in total. The van der Waals surface area contributed by atoms with Gasteiger partial charge in [0.2, 0.25) is 0 Å². The molecular weight excluding hydrogens is 225 g/mol. The van der Waals surface area contributed by atoms with Crippen LogP contribution in [0.2, 0.25) is 0 Å². The van der Waals surface area contributed by atoms with Crippen LogP contribution in [0.4, 0.5) is 4.39 Å². The van der Waals surface area contributed by atoms with Crippen molar-refractivity contribution in [2.75, 3.05) is 0 Å². The van der Waals surface area contributed by atoms with Crippen LogP contribution in [0.25, 0.3) is 6.08 Å². The molecule has 1 N–H and O–H groups in total. The van der Waals surface area contributed by atoms with Crippen LogP contribution in [0.3, 0.4) is 0 Å². The zero-order chi connectivity index (χ0) is 12.5. The van der Waals surface area contributed by atoms with Crippen LogP contribution >= 0.6 is 0 Å². The maximum Gasteiger partial charge on any atom is 0.126 e. The van der Waals surface area contributed by atoms with E-state index < -0.39 is 0 Å². The molecule has 0 radical (unpaired) electrons. The van der Waals surface area contributed by atoms with Crippen molar-refractivity contribution in [2.45, 2.75) is 13.0 Å². The molecule has 0 amide bonds. The molecule has 0 bridgehead atoms. The van der Waals surface area contributed by atoms with Gasteiger partial charge in [-0.05, 0) is 47.5 Å². The van der Waals surface area contributed by atoms with Gasteiger partial charge in [0.25, 0.3) is 0 Å². The number of hydrogen-bond acceptors (Lipinski definition) is 1. The molecule has 1 atom stereocenters. The standard InChI is InChI=1S/C16H14FN/c1-11-10-13(6-7-15(11)17)16-14-5-3-2-4-12(14)8-9-18-16/h2-10,16,18H,1H3. The molecule has 0 aliphatic carbocycles. The molecule has 1 aliphatic heterocycles. The molecule has 0 saturated carbocycles. The zero-order valence-electron chi connectivity index (χ0n) is 10.2. The molecule has 1 aliphatic rings. The molecule has 2 aromatic carbocycles. The average Bonchev–Trinajstić information content (AvgIpc) is 2.41. The van der Waals surface area contributed by atoms with E-state index in [0.29, 0.717) is 5.56 Å². The van der Waals surface area contributed by atoms with Crippen molar-refractivity contribution in [3.63, 3.8) is 0 Å². The first-order valence-electron chi connectivity index (χ1n) is 6.03. The van der Waals surface area contributed by atoms with Crippen molar-refractivity contribution in [2.24, 2.45) is 0 Å². The predicted molar refractivity (Wildman–Crippen MR) is 71.6 cm³/mol. The van der Waals surface area contributed by atoms with Gasteiger partial charge in [-0.15, -0.1) is 0 Å². The highest BCUT2D eigenvalue weighted by Gasteiger charge is 2.18. The first kappa shape index (κ1) is 11.0. The maximum atomic E-state index is 13.3. The van der Waals surface area contributed by atoms with Gasteiger partial charge in [0.1, 0.15) is 5.82 Å². The second-order valence-electron chi connectivity index (χ2n) is 4.57. The molecule has 0 spiro atoms. The SMILES string of the molecule is Cc1cc(C2NC=Cc3ccccc32)ccc1F. The van der Waals surface area contributed by atoms with E-state index in [1.54, 1.807) is 6.92 Å². The Morgan fingerprint density at radius 3 is 2.78 bits per heavy atom. The molecule has 2 aromatic rings. The van der Waals surface area contributed by atoms with Crippen molar-refractivity contribution in [3.8, 4) is 0 Å². The van der Waals surface area contributed by atoms with E-state index in [1.807, 2.05) is 30.5 Å². The number of aryl methyl sites for hydroxylation is 1. The van der Waals surface area contributed by atoms with Crippen LogP contribution in [0.1, 0.15) is 28.3 Å². The number of fused-ring (bicyclic) bond motifs is 1. The second kappa shape index (κ2) is 4.30. The average molecular weight is 239 g/mol. The lowest BCUT2D eigenvalue weighted by molar-refractivity contribution is 0.615.